The van der Waals surface area contributed by atoms with Crippen LogP contribution in [0.15, 0.2) is 24.4 Å². The molecule has 8 nitrogen and oxygen atoms in total. The van der Waals surface area contributed by atoms with Gasteiger partial charge in [-0.3, -0.25) is 4.79 Å². The van der Waals surface area contributed by atoms with E-state index in [0.29, 0.717) is 5.69 Å². The maximum atomic E-state index is 11.1. The average molecular weight is 283 g/mol. The molecule has 1 heterocycles. The molecule has 0 radical (unpaired) electrons. The highest BCUT2D eigenvalue weighted by Crippen LogP contribution is 2.23. The number of nitriles is 1. The van der Waals surface area contributed by atoms with E-state index in [2.05, 4.69) is 31.3 Å². The highest BCUT2D eigenvalue weighted by atomic mass is 16.1. The monoisotopic (exact) mass is 283 g/mol. The Morgan fingerprint density at radius 3 is 2.81 bits per heavy atom. The molecule has 1 aromatic heterocycles. The van der Waals surface area contributed by atoms with Crippen LogP contribution in [0.3, 0.4) is 0 Å². The topological polar surface area (TPSA) is 119 Å². The molecule has 0 unspecified atom stereocenters. The Balaban J connectivity index is 2.24. The standard InChI is InChI=1S/C13H13N7O/c1-8-11(4-3-5-12(8)16-9(2)21)15-7-10(6-14)13-17-19-20-18-13/h3-5,7,15H,1-2H3,(H,16,21)(H,17,18,19,20). The van der Waals surface area contributed by atoms with Gasteiger partial charge in [-0.25, -0.2) is 0 Å². The number of carbonyl (C=O) groups excluding carboxylic acids is 1. The summed E-state index contributed by atoms with van der Waals surface area (Å²) in [5.74, 6) is 0.0657. The van der Waals surface area contributed by atoms with Gasteiger partial charge in [-0.2, -0.15) is 10.5 Å². The lowest BCUT2D eigenvalue weighted by molar-refractivity contribution is -0.114. The molecule has 0 saturated carbocycles. The zero-order chi connectivity index (χ0) is 15.2. The maximum absolute atomic E-state index is 11.1. The molecule has 21 heavy (non-hydrogen) atoms. The van der Waals surface area contributed by atoms with Crippen LogP contribution < -0.4 is 10.6 Å². The van der Waals surface area contributed by atoms with Gasteiger partial charge >= 0.3 is 0 Å². The van der Waals surface area contributed by atoms with Crippen LogP contribution in [0.25, 0.3) is 5.57 Å². The second-order valence-electron chi connectivity index (χ2n) is 4.21. The van der Waals surface area contributed by atoms with Gasteiger partial charge in [-0.15, -0.1) is 10.2 Å². The van der Waals surface area contributed by atoms with Crippen molar-refractivity contribution in [2.45, 2.75) is 13.8 Å². The van der Waals surface area contributed by atoms with E-state index < -0.39 is 0 Å². The van der Waals surface area contributed by atoms with E-state index in [9.17, 15) is 4.79 Å². The molecule has 1 amide bonds. The van der Waals surface area contributed by atoms with Crippen LogP contribution in [-0.4, -0.2) is 26.5 Å². The van der Waals surface area contributed by atoms with Crippen molar-refractivity contribution in [2.75, 3.05) is 10.6 Å². The van der Waals surface area contributed by atoms with Crippen molar-refractivity contribution in [1.82, 2.24) is 20.6 Å². The first-order chi connectivity index (χ1) is 10.1. The number of benzene rings is 1. The van der Waals surface area contributed by atoms with Gasteiger partial charge in [0.05, 0.1) is 0 Å². The third kappa shape index (κ3) is 3.42. The molecule has 0 aliphatic rings. The number of amides is 1. The first kappa shape index (κ1) is 14.2. The van der Waals surface area contributed by atoms with Crippen molar-refractivity contribution in [3.8, 4) is 6.07 Å². The summed E-state index contributed by atoms with van der Waals surface area (Å²) in [5.41, 5.74) is 2.57. The van der Waals surface area contributed by atoms with E-state index in [0.717, 1.165) is 11.3 Å². The number of carbonyl (C=O) groups is 1. The number of aromatic amines is 1. The zero-order valence-electron chi connectivity index (χ0n) is 11.5. The number of hydrogen-bond donors (Lipinski definition) is 3. The summed E-state index contributed by atoms with van der Waals surface area (Å²) in [4.78, 5) is 11.1. The van der Waals surface area contributed by atoms with Crippen molar-refractivity contribution in [3.63, 3.8) is 0 Å². The molecule has 0 spiro atoms. The van der Waals surface area contributed by atoms with Gasteiger partial charge in [-0.05, 0) is 29.8 Å². The van der Waals surface area contributed by atoms with Crippen LogP contribution in [-0.2, 0) is 4.79 Å². The summed E-state index contributed by atoms with van der Waals surface area (Å²) in [6.45, 7) is 3.31. The lowest BCUT2D eigenvalue weighted by Crippen LogP contribution is -2.08. The van der Waals surface area contributed by atoms with Crippen molar-refractivity contribution >= 4 is 22.9 Å². The fourth-order valence-electron chi connectivity index (χ4n) is 1.69. The SMILES string of the molecule is CC(=O)Nc1cccc(NC=C(C#N)c2nn[nH]n2)c1C. The molecular weight excluding hydrogens is 270 g/mol. The van der Waals surface area contributed by atoms with Gasteiger partial charge in [0.15, 0.2) is 0 Å². The minimum atomic E-state index is -0.143. The summed E-state index contributed by atoms with van der Waals surface area (Å²) in [5, 5.41) is 28.0. The second kappa shape index (κ2) is 6.29. The quantitative estimate of drug-likeness (QED) is 0.730. The Hall–Kier alpha value is -3.21. The molecule has 2 rings (SSSR count). The number of aromatic nitrogens is 4. The molecule has 0 fully saturated rings. The van der Waals surface area contributed by atoms with E-state index in [1.54, 1.807) is 12.1 Å². The minimum Gasteiger partial charge on any atom is -0.360 e. The number of rotatable bonds is 4. The van der Waals surface area contributed by atoms with Crippen molar-refractivity contribution in [1.29, 1.82) is 5.26 Å². The first-order valence-electron chi connectivity index (χ1n) is 6.09. The maximum Gasteiger partial charge on any atom is 0.221 e. The van der Waals surface area contributed by atoms with Gasteiger partial charge in [0.2, 0.25) is 11.7 Å². The molecule has 2 aromatic rings. The van der Waals surface area contributed by atoms with Crippen molar-refractivity contribution < 1.29 is 4.79 Å². The Bertz CT molecular complexity index is 713. The Labute approximate surface area is 120 Å². The highest BCUT2D eigenvalue weighted by Gasteiger charge is 2.07. The van der Waals surface area contributed by atoms with E-state index in [4.69, 9.17) is 5.26 Å². The number of hydrogen-bond acceptors (Lipinski definition) is 6. The van der Waals surface area contributed by atoms with Crippen LogP contribution in [0.2, 0.25) is 0 Å². The second-order valence-corrected chi connectivity index (χ2v) is 4.21. The Kier molecular flexibility index (Phi) is 4.26. The van der Waals surface area contributed by atoms with E-state index in [1.165, 1.54) is 13.1 Å². The van der Waals surface area contributed by atoms with Crippen LogP contribution in [0.1, 0.15) is 18.3 Å². The minimum absolute atomic E-state index is 0.143. The predicted molar refractivity (Wildman–Crippen MR) is 76.9 cm³/mol. The van der Waals surface area contributed by atoms with Gasteiger partial charge in [0, 0.05) is 24.5 Å². The summed E-state index contributed by atoms with van der Waals surface area (Å²) < 4.78 is 0. The summed E-state index contributed by atoms with van der Waals surface area (Å²) in [6, 6.07) is 7.42. The van der Waals surface area contributed by atoms with E-state index >= 15 is 0 Å². The largest absolute Gasteiger partial charge is 0.360 e. The normalized spacial score (nSPS) is 10.8. The molecule has 0 saturated heterocycles. The summed E-state index contributed by atoms with van der Waals surface area (Å²) in [7, 11) is 0. The van der Waals surface area contributed by atoms with Gasteiger partial charge in [0.1, 0.15) is 11.6 Å². The van der Waals surface area contributed by atoms with Crippen LogP contribution in [0, 0.1) is 18.3 Å². The molecule has 8 heteroatoms. The average Bonchev–Trinajstić information content (AvgIpc) is 2.97. The molecular formula is C13H13N7O. The number of nitrogens with one attached hydrogen (secondary N) is 3. The Morgan fingerprint density at radius 2 is 2.19 bits per heavy atom. The molecule has 0 aliphatic heterocycles. The molecule has 0 bridgehead atoms. The van der Waals surface area contributed by atoms with Gasteiger partial charge in [0.25, 0.3) is 0 Å². The fraction of sp³-hybridized carbons (Fsp3) is 0.154. The number of anilines is 2. The lowest BCUT2D eigenvalue weighted by atomic mass is 10.1. The van der Waals surface area contributed by atoms with E-state index in [-0.39, 0.29) is 17.3 Å². The van der Waals surface area contributed by atoms with Crippen LogP contribution in [0.4, 0.5) is 11.4 Å². The molecule has 0 atom stereocenters. The van der Waals surface area contributed by atoms with Crippen LogP contribution >= 0.6 is 0 Å². The number of H-pyrrole nitrogens is 1. The third-order valence-corrected chi connectivity index (χ3v) is 2.72. The lowest BCUT2D eigenvalue weighted by Gasteiger charge is -2.11. The highest BCUT2D eigenvalue weighted by molar-refractivity contribution is 5.90. The first-order valence-corrected chi connectivity index (χ1v) is 6.09. The zero-order valence-corrected chi connectivity index (χ0v) is 11.5. The number of allylic oxidation sites excluding steroid dienone is 1. The van der Waals surface area contributed by atoms with Crippen molar-refractivity contribution in [2.24, 2.45) is 0 Å². The smallest absolute Gasteiger partial charge is 0.221 e. The molecule has 106 valence electrons. The van der Waals surface area contributed by atoms with E-state index in [1.807, 2.05) is 19.1 Å². The van der Waals surface area contributed by atoms with Gasteiger partial charge < -0.3 is 10.6 Å². The molecule has 1 aromatic carbocycles. The predicted octanol–water partition coefficient (Wildman–Crippen LogP) is 1.44. The van der Waals surface area contributed by atoms with Crippen LogP contribution in [0.5, 0.6) is 0 Å². The molecule has 3 N–H and O–H groups in total. The van der Waals surface area contributed by atoms with Gasteiger partial charge in [-0.1, -0.05) is 6.07 Å². The summed E-state index contributed by atoms with van der Waals surface area (Å²) >= 11 is 0. The third-order valence-electron chi connectivity index (χ3n) is 2.72. The summed E-state index contributed by atoms with van der Waals surface area (Å²) in [6.07, 6.45) is 1.49. The number of tetrazole rings is 1. The number of nitrogens with zero attached hydrogens (tertiary/aromatic N) is 4. The fourth-order valence-corrected chi connectivity index (χ4v) is 1.69. The Morgan fingerprint density at radius 1 is 1.43 bits per heavy atom. The van der Waals surface area contributed by atoms with Crippen molar-refractivity contribution in [3.05, 3.63) is 35.8 Å². The molecule has 0 aliphatic carbocycles.